The lowest BCUT2D eigenvalue weighted by Crippen LogP contribution is -2.43. The number of anilines is 2. The van der Waals surface area contributed by atoms with Gasteiger partial charge in [0.15, 0.2) is 0 Å². The van der Waals surface area contributed by atoms with Crippen LogP contribution in [-0.4, -0.2) is 72.5 Å². The normalized spacial score (nSPS) is 22.3. The van der Waals surface area contributed by atoms with E-state index in [4.69, 9.17) is 11.6 Å². The Kier molecular flexibility index (Phi) is 7.91. The number of nitrogens with one attached hydrogen (secondary N) is 1. The molecule has 0 bridgehead atoms. The van der Waals surface area contributed by atoms with Gasteiger partial charge in [0, 0.05) is 80.7 Å². The second kappa shape index (κ2) is 11.2. The zero-order valence-corrected chi connectivity index (χ0v) is 22.1. The summed E-state index contributed by atoms with van der Waals surface area (Å²) in [6, 6.07) is 10.8. The van der Waals surface area contributed by atoms with Crippen molar-refractivity contribution in [3.8, 4) is 0 Å². The summed E-state index contributed by atoms with van der Waals surface area (Å²) in [5, 5.41) is 14.8. The fourth-order valence-corrected chi connectivity index (χ4v) is 6.19. The van der Waals surface area contributed by atoms with Crippen LogP contribution >= 0.6 is 11.6 Å². The first-order chi connectivity index (χ1) is 18.6. The van der Waals surface area contributed by atoms with Gasteiger partial charge in [-0.05, 0) is 61.1 Å². The van der Waals surface area contributed by atoms with Crippen molar-refractivity contribution >= 4 is 34.6 Å². The van der Waals surface area contributed by atoms with Crippen LogP contribution in [0.4, 0.5) is 30.2 Å². The molecule has 3 aliphatic rings. The van der Waals surface area contributed by atoms with E-state index in [1.807, 2.05) is 17.0 Å². The van der Waals surface area contributed by atoms with Crippen LogP contribution in [0.3, 0.4) is 0 Å². The van der Waals surface area contributed by atoms with E-state index in [0.717, 1.165) is 49.9 Å². The number of carbonyl (C=O) groups excluding carboxylic acids is 1. The van der Waals surface area contributed by atoms with E-state index in [9.17, 15) is 28.1 Å². The second-order valence-electron chi connectivity index (χ2n) is 10.7. The highest BCUT2D eigenvalue weighted by Crippen LogP contribution is 2.38. The van der Waals surface area contributed by atoms with Gasteiger partial charge in [0.05, 0.1) is 4.92 Å². The Labute approximate surface area is 229 Å². The highest BCUT2D eigenvalue weighted by molar-refractivity contribution is 6.30. The average Bonchev–Trinajstić information content (AvgIpc) is 3.47. The summed E-state index contributed by atoms with van der Waals surface area (Å²) < 4.78 is 39.8. The maximum Gasteiger partial charge on any atom is 0.423 e. The second-order valence-corrected chi connectivity index (χ2v) is 11.1. The molecule has 0 aromatic heterocycles. The number of benzene rings is 2. The molecule has 0 aliphatic carbocycles. The van der Waals surface area contributed by atoms with Crippen molar-refractivity contribution < 1.29 is 22.9 Å². The lowest BCUT2D eigenvalue weighted by Gasteiger charge is -2.33. The molecule has 2 atom stereocenters. The maximum absolute atomic E-state index is 13.3. The maximum atomic E-state index is 13.3. The summed E-state index contributed by atoms with van der Waals surface area (Å²) in [6.07, 6.45) is -3.17. The molecule has 0 spiro atoms. The first-order valence-corrected chi connectivity index (χ1v) is 13.6. The number of amides is 1. The first kappa shape index (κ1) is 27.5. The summed E-state index contributed by atoms with van der Waals surface area (Å²) >= 11 is 6.01. The largest absolute Gasteiger partial charge is 0.423 e. The standard InChI is InChI=1S/C27H31ClF3N5O3/c28-20-1-4-23(5-2-20)35-16-18-14-33(15-19(18)17-35)10-9-26(37)34-11-7-21(8-12-34)32-22-3-6-25(36(38)39)24(13-22)27(29,30)31/h1-6,13,18-19,21,32H,7-12,14-17H2. The van der Waals surface area contributed by atoms with Crippen LogP contribution in [0.1, 0.15) is 24.8 Å². The molecule has 2 aromatic rings. The van der Waals surface area contributed by atoms with Crippen LogP contribution < -0.4 is 10.2 Å². The van der Waals surface area contributed by atoms with Crippen LogP contribution in [0.15, 0.2) is 42.5 Å². The smallest absolute Gasteiger partial charge is 0.382 e. The molecule has 210 valence electrons. The van der Waals surface area contributed by atoms with Gasteiger partial charge >= 0.3 is 6.18 Å². The van der Waals surface area contributed by atoms with Crippen molar-refractivity contribution in [2.45, 2.75) is 31.5 Å². The molecule has 3 fully saturated rings. The van der Waals surface area contributed by atoms with Gasteiger partial charge in [-0.1, -0.05) is 11.6 Å². The number of nitro groups is 1. The number of carbonyl (C=O) groups is 1. The lowest BCUT2D eigenvalue weighted by atomic mass is 10.0. The van der Waals surface area contributed by atoms with Gasteiger partial charge < -0.3 is 20.0 Å². The number of fused-ring (bicyclic) bond motifs is 1. The number of nitrogens with zero attached hydrogens (tertiary/aromatic N) is 4. The molecular weight excluding hydrogens is 535 g/mol. The van der Waals surface area contributed by atoms with Gasteiger partial charge in [0.2, 0.25) is 5.91 Å². The molecule has 8 nitrogen and oxygen atoms in total. The lowest BCUT2D eigenvalue weighted by molar-refractivity contribution is -0.388. The van der Waals surface area contributed by atoms with E-state index >= 15 is 0 Å². The molecule has 2 unspecified atom stereocenters. The predicted molar refractivity (Wildman–Crippen MR) is 143 cm³/mol. The number of piperidine rings is 1. The molecule has 39 heavy (non-hydrogen) atoms. The summed E-state index contributed by atoms with van der Waals surface area (Å²) in [4.78, 5) is 29.4. The summed E-state index contributed by atoms with van der Waals surface area (Å²) in [6.45, 7) is 5.78. The Morgan fingerprint density at radius 1 is 1.03 bits per heavy atom. The number of halogens is 4. The third kappa shape index (κ3) is 6.41. The van der Waals surface area contributed by atoms with Crippen molar-refractivity contribution in [1.29, 1.82) is 0 Å². The minimum atomic E-state index is -4.82. The minimum Gasteiger partial charge on any atom is -0.382 e. The van der Waals surface area contributed by atoms with Crippen LogP contribution in [0, 0.1) is 22.0 Å². The molecule has 12 heteroatoms. The van der Waals surface area contributed by atoms with Gasteiger partial charge in [0.1, 0.15) is 5.56 Å². The Balaban J connectivity index is 1.05. The molecule has 1 amide bonds. The third-order valence-corrected chi connectivity index (χ3v) is 8.36. The molecule has 0 radical (unpaired) electrons. The van der Waals surface area contributed by atoms with Crippen molar-refractivity contribution in [1.82, 2.24) is 9.80 Å². The Bertz CT molecular complexity index is 1190. The van der Waals surface area contributed by atoms with Gasteiger partial charge in [0.25, 0.3) is 5.69 Å². The van der Waals surface area contributed by atoms with Gasteiger partial charge in [-0.2, -0.15) is 13.2 Å². The number of hydrogen-bond donors (Lipinski definition) is 1. The molecule has 0 saturated carbocycles. The van der Waals surface area contributed by atoms with Crippen molar-refractivity contribution in [3.05, 3.63) is 63.2 Å². The molecule has 5 rings (SSSR count). The minimum absolute atomic E-state index is 0.1000. The van der Waals surface area contributed by atoms with Crippen molar-refractivity contribution in [3.63, 3.8) is 0 Å². The Hall–Kier alpha value is -3.05. The Morgan fingerprint density at radius 2 is 1.67 bits per heavy atom. The van der Waals surface area contributed by atoms with Crippen LogP contribution in [0.5, 0.6) is 0 Å². The van der Waals surface area contributed by atoms with E-state index < -0.39 is 22.4 Å². The zero-order valence-electron chi connectivity index (χ0n) is 21.4. The summed E-state index contributed by atoms with van der Waals surface area (Å²) in [5.74, 6) is 1.28. The number of rotatable bonds is 7. The third-order valence-electron chi connectivity index (χ3n) is 8.11. The Morgan fingerprint density at radius 3 is 2.26 bits per heavy atom. The van der Waals surface area contributed by atoms with E-state index in [0.29, 0.717) is 44.2 Å². The van der Waals surface area contributed by atoms with E-state index in [1.165, 1.54) is 11.8 Å². The van der Waals surface area contributed by atoms with Gasteiger partial charge in [-0.25, -0.2) is 0 Å². The van der Waals surface area contributed by atoms with Crippen LogP contribution in [-0.2, 0) is 11.0 Å². The predicted octanol–water partition coefficient (Wildman–Crippen LogP) is 5.13. The number of nitro benzene ring substituents is 1. The number of alkyl halides is 3. The van der Waals surface area contributed by atoms with Gasteiger partial charge in [-0.3, -0.25) is 14.9 Å². The molecule has 3 saturated heterocycles. The molecule has 3 heterocycles. The number of hydrogen-bond acceptors (Lipinski definition) is 6. The number of likely N-dealkylation sites (tertiary alicyclic amines) is 2. The van der Waals surface area contributed by atoms with Crippen LogP contribution in [0.25, 0.3) is 0 Å². The quantitative estimate of drug-likeness (QED) is 0.370. The van der Waals surface area contributed by atoms with E-state index in [1.54, 1.807) is 0 Å². The van der Waals surface area contributed by atoms with E-state index in [2.05, 4.69) is 27.2 Å². The highest BCUT2D eigenvalue weighted by Gasteiger charge is 2.40. The molecular formula is C27H31ClF3N5O3. The fraction of sp³-hybridized carbons (Fsp3) is 0.519. The topological polar surface area (TPSA) is 82.0 Å². The highest BCUT2D eigenvalue weighted by atomic mass is 35.5. The molecule has 3 aliphatic heterocycles. The fourth-order valence-electron chi connectivity index (χ4n) is 6.07. The van der Waals surface area contributed by atoms with Gasteiger partial charge in [-0.15, -0.1) is 0 Å². The molecule has 1 N–H and O–H groups in total. The zero-order chi connectivity index (χ0) is 27.7. The first-order valence-electron chi connectivity index (χ1n) is 13.2. The van der Waals surface area contributed by atoms with Crippen LogP contribution in [0.2, 0.25) is 5.02 Å². The average molecular weight is 566 g/mol. The van der Waals surface area contributed by atoms with Crippen molar-refractivity contribution in [2.24, 2.45) is 11.8 Å². The van der Waals surface area contributed by atoms with E-state index in [-0.39, 0.29) is 17.6 Å². The van der Waals surface area contributed by atoms with Crippen molar-refractivity contribution in [2.75, 3.05) is 56.0 Å². The SMILES string of the molecule is O=C(CCN1CC2CN(c3ccc(Cl)cc3)CC2C1)N1CCC(Nc2ccc([N+](=O)[O-])c(C(F)(F)F)c2)CC1. The monoisotopic (exact) mass is 565 g/mol. The molecule has 2 aromatic carbocycles. The summed E-state index contributed by atoms with van der Waals surface area (Å²) in [7, 11) is 0. The summed E-state index contributed by atoms with van der Waals surface area (Å²) in [5.41, 5.74) is -0.850.